The lowest BCUT2D eigenvalue weighted by molar-refractivity contribution is -0.122. The van der Waals surface area contributed by atoms with Crippen LogP contribution in [0.3, 0.4) is 0 Å². The number of hydrogen-bond acceptors (Lipinski definition) is 4. The predicted octanol–water partition coefficient (Wildman–Crippen LogP) is 4.63. The van der Waals surface area contributed by atoms with E-state index in [1.165, 1.54) is 6.07 Å². The first-order valence-electron chi connectivity index (χ1n) is 9.94. The van der Waals surface area contributed by atoms with Gasteiger partial charge in [0, 0.05) is 18.4 Å². The highest BCUT2D eigenvalue weighted by Crippen LogP contribution is 2.46. The molecule has 0 spiro atoms. The third-order valence-corrected chi connectivity index (χ3v) is 5.54. The Morgan fingerprint density at radius 3 is 2.72 bits per heavy atom. The van der Waals surface area contributed by atoms with Crippen LogP contribution < -0.4 is 5.32 Å². The van der Waals surface area contributed by atoms with Gasteiger partial charge in [0.25, 0.3) is 0 Å². The van der Waals surface area contributed by atoms with Crippen LogP contribution >= 0.6 is 0 Å². The predicted molar refractivity (Wildman–Crippen MR) is 107 cm³/mol. The van der Waals surface area contributed by atoms with Gasteiger partial charge in [-0.05, 0) is 42.4 Å². The van der Waals surface area contributed by atoms with Crippen LogP contribution in [0, 0.1) is 24.6 Å². The highest BCUT2D eigenvalue weighted by atomic mass is 19.1. The van der Waals surface area contributed by atoms with Crippen molar-refractivity contribution in [2.45, 2.75) is 39.2 Å². The van der Waals surface area contributed by atoms with Crippen molar-refractivity contribution in [1.82, 2.24) is 15.5 Å². The van der Waals surface area contributed by atoms with Crippen LogP contribution in [0.1, 0.15) is 42.8 Å². The molecule has 3 atom stereocenters. The number of rotatable bonds is 7. The van der Waals surface area contributed by atoms with Gasteiger partial charge in [0.15, 0.2) is 0 Å². The van der Waals surface area contributed by atoms with Crippen LogP contribution in [-0.4, -0.2) is 16.0 Å². The number of nitrogens with one attached hydrogen (secondary N) is 1. The lowest BCUT2D eigenvalue weighted by Crippen LogP contribution is -2.30. The second-order valence-corrected chi connectivity index (χ2v) is 7.81. The lowest BCUT2D eigenvalue weighted by Gasteiger charge is -2.19. The molecule has 3 unspecified atom stereocenters. The van der Waals surface area contributed by atoms with Crippen LogP contribution in [0.15, 0.2) is 53.1 Å². The van der Waals surface area contributed by atoms with Gasteiger partial charge in [-0.15, -0.1) is 0 Å². The first-order chi connectivity index (χ1) is 14.0. The van der Waals surface area contributed by atoms with E-state index in [1.54, 1.807) is 19.1 Å². The summed E-state index contributed by atoms with van der Waals surface area (Å²) in [5.41, 5.74) is 2.25. The van der Waals surface area contributed by atoms with Crippen molar-refractivity contribution in [2.24, 2.45) is 11.8 Å². The number of benzene rings is 2. The number of halogens is 1. The van der Waals surface area contributed by atoms with E-state index < -0.39 is 0 Å². The summed E-state index contributed by atoms with van der Waals surface area (Å²) in [6.07, 6.45) is 1.73. The largest absolute Gasteiger partial charge is 0.349 e. The van der Waals surface area contributed by atoms with Crippen LogP contribution in [0.2, 0.25) is 0 Å². The Morgan fingerprint density at radius 2 is 2.03 bits per heavy atom. The van der Waals surface area contributed by atoms with E-state index >= 15 is 0 Å². The zero-order valence-corrected chi connectivity index (χ0v) is 16.6. The van der Waals surface area contributed by atoms with Crippen molar-refractivity contribution in [3.05, 3.63) is 71.4 Å². The minimum Gasteiger partial charge on any atom is -0.349 e. The monoisotopic (exact) mass is 393 g/mol. The molecule has 6 heteroatoms. The van der Waals surface area contributed by atoms with Crippen molar-refractivity contribution >= 4 is 5.91 Å². The maximum Gasteiger partial charge on any atom is 0.227 e. The standard InChI is InChI=1S/C23H24FN3O2/c1-14-8-9-17(13-19(14)24)23-26-21(29-27-23)11-10-20(28)25-22(18-12-15(18)2)16-6-4-3-5-7-16/h3-9,13,15,18,22H,10-12H2,1-2H3,(H,25,28). The minimum absolute atomic E-state index is 0.0347. The summed E-state index contributed by atoms with van der Waals surface area (Å²) < 4.78 is 19.0. The fraction of sp³-hybridized carbons (Fsp3) is 0.348. The molecule has 5 nitrogen and oxygen atoms in total. The summed E-state index contributed by atoms with van der Waals surface area (Å²) in [7, 11) is 0. The van der Waals surface area contributed by atoms with Gasteiger partial charge >= 0.3 is 0 Å². The number of amides is 1. The molecule has 3 aromatic rings. The Hall–Kier alpha value is -3.02. The van der Waals surface area contributed by atoms with Gasteiger partial charge in [0.2, 0.25) is 17.6 Å². The lowest BCUT2D eigenvalue weighted by atomic mass is 10.0. The second-order valence-electron chi connectivity index (χ2n) is 7.81. The molecule has 1 aromatic heterocycles. The molecule has 0 bridgehead atoms. The van der Waals surface area contributed by atoms with E-state index in [-0.39, 0.29) is 24.2 Å². The van der Waals surface area contributed by atoms with Gasteiger partial charge < -0.3 is 9.84 Å². The number of aromatic nitrogens is 2. The van der Waals surface area contributed by atoms with Crippen LogP contribution in [-0.2, 0) is 11.2 Å². The van der Waals surface area contributed by atoms with Crippen molar-refractivity contribution in [1.29, 1.82) is 0 Å². The maximum absolute atomic E-state index is 13.7. The van der Waals surface area contributed by atoms with E-state index in [0.717, 1.165) is 12.0 Å². The van der Waals surface area contributed by atoms with Gasteiger partial charge in [-0.1, -0.05) is 54.5 Å². The fourth-order valence-corrected chi connectivity index (χ4v) is 3.58. The second kappa shape index (κ2) is 8.15. The third-order valence-electron chi connectivity index (χ3n) is 5.54. The van der Waals surface area contributed by atoms with Gasteiger partial charge in [-0.2, -0.15) is 4.98 Å². The molecule has 150 valence electrons. The number of aryl methyl sites for hydroxylation is 2. The summed E-state index contributed by atoms with van der Waals surface area (Å²) in [4.78, 5) is 16.8. The Bertz CT molecular complexity index is 1000. The number of hydrogen-bond donors (Lipinski definition) is 1. The number of nitrogens with zero attached hydrogens (tertiary/aromatic N) is 2. The molecule has 1 amide bonds. The topological polar surface area (TPSA) is 68.0 Å². The van der Waals surface area contributed by atoms with Gasteiger partial charge in [-0.25, -0.2) is 4.39 Å². The Kier molecular flexibility index (Phi) is 5.43. The summed E-state index contributed by atoms with van der Waals surface area (Å²) in [6, 6.07) is 14.9. The molecule has 4 rings (SSSR count). The average Bonchev–Trinajstić information content (AvgIpc) is 3.25. The summed E-state index contributed by atoms with van der Waals surface area (Å²) >= 11 is 0. The summed E-state index contributed by atoms with van der Waals surface area (Å²) in [5.74, 6) is 1.44. The quantitative estimate of drug-likeness (QED) is 0.635. The SMILES string of the molecule is Cc1ccc(-c2noc(CCC(=O)NC(c3ccccc3)C3CC3C)n2)cc1F. The van der Waals surface area contributed by atoms with Crippen molar-refractivity contribution in [2.75, 3.05) is 0 Å². The first kappa shape index (κ1) is 19.3. The zero-order valence-electron chi connectivity index (χ0n) is 16.6. The summed E-state index contributed by atoms with van der Waals surface area (Å²) in [6.45, 7) is 3.91. The molecule has 1 aliphatic carbocycles. The van der Waals surface area contributed by atoms with E-state index in [9.17, 15) is 9.18 Å². The van der Waals surface area contributed by atoms with Crippen LogP contribution in [0.5, 0.6) is 0 Å². The number of carbonyl (C=O) groups is 1. The normalized spacial score (nSPS) is 19.0. The fourth-order valence-electron chi connectivity index (χ4n) is 3.58. The molecule has 1 saturated carbocycles. The van der Waals surface area contributed by atoms with Gasteiger partial charge in [0.1, 0.15) is 5.82 Å². The Balaban J connectivity index is 1.37. The summed E-state index contributed by atoms with van der Waals surface area (Å²) in [5, 5.41) is 7.08. The Morgan fingerprint density at radius 1 is 1.28 bits per heavy atom. The zero-order chi connectivity index (χ0) is 20.4. The van der Waals surface area contributed by atoms with Crippen molar-refractivity contribution in [3.63, 3.8) is 0 Å². The average molecular weight is 393 g/mol. The van der Waals surface area contributed by atoms with Crippen LogP contribution in [0.4, 0.5) is 4.39 Å². The van der Waals surface area contributed by atoms with Gasteiger partial charge in [-0.3, -0.25) is 4.79 Å². The van der Waals surface area contributed by atoms with E-state index in [1.807, 2.05) is 18.2 Å². The highest BCUT2D eigenvalue weighted by Gasteiger charge is 2.40. The van der Waals surface area contributed by atoms with E-state index in [2.05, 4.69) is 34.5 Å². The molecule has 29 heavy (non-hydrogen) atoms. The molecule has 1 fully saturated rings. The molecule has 0 radical (unpaired) electrons. The molecular weight excluding hydrogens is 369 g/mol. The molecule has 1 aliphatic rings. The molecule has 0 saturated heterocycles. The minimum atomic E-state index is -0.311. The van der Waals surface area contributed by atoms with Crippen molar-refractivity contribution in [3.8, 4) is 11.4 Å². The maximum atomic E-state index is 13.7. The van der Waals surface area contributed by atoms with E-state index in [0.29, 0.717) is 41.1 Å². The molecule has 1 N–H and O–H groups in total. The Labute approximate surface area is 169 Å². The first-order valence-corrected chi connectivity index (χ1v) is 9.94. The molecule has 1 heterocycles. The van der Waals surface area contributed by atoms with Gasteiger partial charge in [0.05, 0.1) is 6.04 Å². The van der Waals surface area contributed by atoms with E-state index in [4.69, 9.17) is 4.52 Å². The molecular formula is C23H24FN3O2. The third kappa shape index (κ3) is 4.53. The molecule has 2 aromatic carbocycles. The van der Waals surface area contributed by atoms with Crippen molar-refractivity contribution < 1.29 is 13.7 Å². The smallest absolute Gasteiger partial charge is 0.227 e. The van der Waals surface area contributed by atoms with Crippen LogP contribution in [0.25, 0.3) is 11.4 Å². The highest BCUT2D eigenvalue weighted by molar-refractivity contribution is 5.76. The molecule has 0 aliphatic heterocycles. The number of carbonyl (C=O) groups excluding carboxylic acids is 1.